The standard InChI is InChI=1S/C12H22O2/c1-11(2)9-5-7-14-8-12(9,3)6-4-10(11)13/h9-10,13H,4-8H2,1-3H3/t9?,10?,12-/m1/s1. The second-order valence-corrected chi connectivity index (χ2v) is 5.92. The average molecular weight is 198 g/mol. The van der Waals surface area contributed by atoms with Crippen LogP contribution in [0.3, 0.4) is 0 Å². The molecule has 2 nitrogen and oxygen atoms in total. The molecule has 0 radical (unpaired) electrons. The largest absolute Gasteiger partial charge is 0.393 e. The predicted octanol–water partition coefficient (Wildman–Crippen LogP) is 2.21. The molecule has 2 unspecified atom stereocenters. The zero-order chi connectivity index (χ0) is 10.4. The Kier molecular flexibility index (Phi) is 2.39. The summed E-state index contributed by atoms with van der Waals surface area (Å²) in [5.41, 5.74) is 0.373. The smallest absolute Gasteiger partial charge is 0.0594 e. The minimum atomic E-state index is -0.126. The van der Waals surface area contributed by atoms with Crippen LogP contribution in [0.5, 0.6) is 0 Å². The summed E-state index contributed by atoms with van der Waals surface area (Å²) in [6, 6.07) is 0. The number of hydrogen-bond acceptors (Lipinski definition) is 2. The second kappa shape index (κ2) is 3.21. The fraction of sp³-hybridized carbons (Fsp3) is 1.00. The van der Waals surface area contributed by atoms with Crippen LogP contribution in [0, 0.1) is 16.7 Å². The Morgan fingerprint density at radius 3 is 2.64 bits per heavy atom. The first-order chi connectivity index (χ1) is 6.47. The maximum atomic E-state index is 10.0. The summed E-state index contributed by atoms with van der Waals surface area (Å²) in [6.45, 7) is 8.50. The summed E-state index contributed by atoms with van der Waals surface area (Å²) < 4.78 is 5.59. The van der Waals surface area contributed by atoms with E-state index in [2.05, 4.69) is 20.8 Å². The molecule has 0 amide bonds. The van der Waals surface area contributed by atoms with Gasteiger partial charge in [0, 0.05) is 6.61 Å². The summed E-state index contributed by atoms with van der Waals surface area (Å²) in [7, 11) is 0. The number of rotatable bonds is 0. The number of aliphatic hydroxyl groups is 1. The second-order valence-electron chi connectivity index (χ2n) is 5.92. The molecule has 2 fully saturated rings. The molecule has 1 N–H and O–H groups in total. The lowest BCUT2D eigenvalue weighted by molar-refractivity contribution is -0.156. The molecule has 1 aliphatic carbocycles. The van der Waals surface area contributed by atoms with Crippen LogP contribution in [-0.4, -0.2) is 24.4 Å². The Morgan fingerprint density at radius 2 is 1.93 bits per heavy atom. The van der Waals surface area contributed by atoms with E-state index in [4.69, 9.17) is 4.74 Å². The third kappa shape index (κ3) is 1.40. The highest BCUT2D eigenvalue weighted by Crippen LogP contribution is 2.54. The first-order valence-electron chi connectivity index (χ1n) is 5.73. The van der Waals surface area contributed by atoms with Gasteiger partial charge in [0.05, 0.1) is 12.7 Å². The zero-order valence-corrected chi connectivity index (χ0v) is 9.55. The fourth-order valence-electron chi connectivity index (χ4n) is 3.54. The minimum absolute atomic E-state index is 0.0663. The normalized spacial score (nSPS) is 47.1. The molecule has 0 aromatic carbocycles. The Morgan fingerprint density at radius 1 is 1.21 bits per heavy atom. The minimum Gasteiger partial charge on any atom is -0.393 e. The third-order valence-electron chi connectivity index (χ3n) is 4.57. The molecule has 0 aromatic heterocycles. The van der Waals surface area contributed by atoms with Crippen LogP contribution in [0.1, 0.15) is 40.0 Å². The van der Waals surface area contributed by atoms with Gasteiger partial charge >= 0.3 is 0 Å². The lowest BCUT2D eigenvalue weighted by Gasteiger charge is -2.55. The Bertz CT molecular complexity index is 220. The maximum absolute atomic E-state index is 10.0. The molecular formula is C12H22O2. The van der Waals surface area contributed by atoms with Crippen LogP contribution >= 0.6 is 0 Å². The van der Waals surface area contributed by atoms with Gasteiger partial charge in [-0.25, -0.2) is 0 Å². The van der Waals surface area contributed by atoms with E-state index >= 15 is 0 Å². The van der Waals surface area contributed by atoms with Crippen molar-refractivity contribution in [2.24, 2.45) is 16.7 Å². The highest BCUT2D eigenvalue weighted by atomic mass is 16.5. The van der Waals surface area contributed by atoms with E-state index in [0.29, 0.717) is 11.3 Å². The summed E-state index contributed by atoms with van der Waals surface area (Å²) in [5, 5.41) is 10.0. The van der Waals surface area contributed by atoms with Gasteiger partial charge < -0.3 is 9.84 Å². The Hall–Kier alpha value is -0.0800. The van der Waals surface area contributed by atoms with Gasteiger partial charge in [0.1, 0.15) is 0 Å². The lowest BCUT2D eigenvalue weighted by atomic mass is 9.54. The van der Waals surface area contributed by atoms with E-state index < -0.39 is 0 Å². The van der Waals surface area contributed by atoms with Crippen LogP contribution in [-0.2, 0) is 4.74 Å². The molecule has 0 spiro atoms. The molecule has 2 rings (SSSR count). The van der Waals surface area contributed by atoms with Crippen LogP contribution in [0.2, 0.25) is 0 Å². The highest BCUT2D eigenvalue weighted by molar-refractivity contribution is 5.00. The van der Waals surface area contributed by atoms with Crippen LogP contribution in [0.25, 0.3) is 0 Å². The van der Waals surface area contributed by atoms with Gasteiger partial charge in [-0.2, -0.15) is 0 Å². The van der Waals surface area contributed by atoms with Crippen molar-refractivity contribution in [3.8, 4) is 0 Å². The quantitative estimate of drug-likeness (QED) is 0.646. The highest BCUT2D eigenvalue weighted by Gasteiger charge is 2.51. The Balaban J connectivity index is 2.26. The monoisotopic (exact) mass is 198 g/mol. The van der Waals surface area contributed by atoms with Gasteiger partial charge in [-0.15, -0.1) is 0 Å². The van der Waals surface area contributed by atoms with E-state index in [1.165, 1.54) is 0 Å². The first kappa shape index (κ1) is 10.4. The number of hydrogen-bond donors (Lipinski definition) is 1. The van der Waals surface area contributed by atoms with Crippen molar-refractivity contribution in [3.05, 3.63) is 0 Å². The molecule has 2 heteroatoms. The van der Waals surface area contributed by atoms with Gasteiger partial charge in [-0.05, 0) is 36.0 Å². The van der Waals surface area contributed by atoms with E-state index in [1.807, 2.05) is 0 Å². The summed E-state index contributed by atoms with van der Waals surface area (Å²) in [4.78, 5) is 0. The first-order valence-corrected chi connectivity index (χ1v) is 5.73. The molecule has 3 atom stereocenters. The molecule has 1 aliphatic heterocycles. The molecule has 82 valence electrons. The van der Waals surface area contributed by atoms with Crippen molar-refractivity contribution >= 4 is 0 Å². The van der Waals surface area contributed by atoms with E-state index in [0.717, 1.165) is 32.5 Å². The SMILES string of the molecule is CC1(C)C(O)CC[C@]2(C)COCCC12. The Labute approximate surface area is 86.6 Å². The van der Waals surface area contributed by atoms with E-state index in [9.17, 15) is 5.11 Å². The molecule has 14 heavy (non-hydrogen) atoms. The molecular weight excluding hydrogens is 176 g/mol. The van der Waals surface area contributed by atoms with Crippen molar-refractivity contribution in [2.45, 2.75) is 46.1 Å². The zero-order valence-electron chi connectivity index (χ0n) is 9.55. The van der Waals surface area contributed by atoms with Crippen LogP contribution < -0.4 is 0 Å². The molecule has 2 aliphatic rings. The number of fused-ring (bicyclic) bond motifs is 1. The molecule has 0 aromatic rings. The third-order valence-corrected chi connectivity index (χ3v) is 4.57. The summed E-state index contributed by atoms with van der Waals surface area (Å²) in [5.74, 6) is 0.618. The van der Waals surface area contributed by atoms with Gasteiger partial charge in [0.15, 0.2) is 0 Å². The van der Waals surface area contributed by atoms with Crippen molar-refractivity contribution < 1.29 is 9.84 Å². The van der Waals surface area contributed by atoms with E-state index in [-0.39, 0.29) is 11.5 Å². The number of aliphatic hydroxyl groups excluding tert-OH is 1. The average Bonchev–Trinajstić information content (AvgIpc) is 2.13. The molecule has 0 bridgehead atoms. The van der Waals surface area contributed by atoms with Crippen LogP contribution in [0.15, 0.2) is 0 Å². The van der Waals surface area contributed by atoms with Crippen molar-refractivity contribution in [1.82, 2.24) is 0 Å². The van der Waals surface area contributed by atoms with Gasteiger partial charge in [-0.1, -0.05) is 20.8 Å². The topological polar surface area (TPSA) is 29.5 Å². The van der Waals surface area contributed by atoms with Crippen molar-refractivity contribution in [2.75, 3.05) is 13.2 Å². The molecule has 1 saturated heterocycles. The van der Waals surface area contributed by atoms with Crippen molar-refractivity contribution in [1.29, 1.82) is 0 Å². The summed E-state index contributed by atoms with van der Waals surface area (Å²) >= 11 is 0. The molecule has 1 heterocycles. The predicted molar refractivity (Wildman–Crippen MR) is 56.1 cm³/mol. The van der Waals surface area contributed by atoms with Gasteiger partial charge in [-0.3, -0.25) is 0 Å². The van der Waals surface area contributed by atoms with Crippen molar-refractivity contribution in [3.63, 3.8) is 0 Å². The molecule has 1 saturated carbocycles. The van der Waals surface area contributed by atoms with Gasteiger partial charge in [0.25, 0.3) is 0 Å². The van der Waals surface area contributed by atoms with Crippen LogP contribution in [0.4, 0.5) is 0 Å². The fourth-order valence-corrected chi connectivity index (χ4v) is 3.54. The summed E-state index contributed by atoms with van der Waals surface area (Å²) in [6.07, 6.45) is 3.03. The lowest BCUT2D eigenvalue weighted by Crippen LogP contribution is -2.53. The van der Waals surface area contributed by atoms with E-state index in [1.54, 1.807) is 0 Å². The maximum Gasteiger partial charge on any atom is 0.0594 e. The van der Waals surface area contributed by atoms with Gasteiger partial charge in [0.2, 0.25) is 0 Å². The number of ether oxygens (including phenoxy) is 1.